The zero-order chi connectivity index (χ0) is 23.5. The van der Waals surface area contributed by atoms with Crippen LogP contribution in [0.5, 0.6) is 0 Å². The van der Waals surface area contributed by atoms with Gasteiger partial charge in [-0.3, -0.25) is 4.79 Å². The molecular formula is C27H30N2O4S. The predicted molar refractivity (Wildman–Crippen MR) is 133 cm³/mol. The summed E-state index contributed by atoms with van der Waals surface area (Å²) in [6.07, 6.45) is 2.12. The van der Waals surface area contributed by atoms with E-state index in [1.165, 1.54) is 15.6 Å². The van der Waals surface area contributed by atoms with Crippen molar-refractivity contribution in [2.24, 2.45) is 0 Å². The first-order valence-corrected chi connectivity index (χ1v) is 12.6. The Morgan fingerprint density at radius 1 is 1.09 bits per heavy atom. The molecule has 1 amide bonds. The minimum atomic E-state index is -0.516. The smallest absolute Gasteiger partial charge is 0.288 e. The van der Waals surface area contributed by atoms with E-state index in [1.807, 2.05) is 35.2 Å². The first kappa shape index (κ1) is 23.1. The van der Waals surface area contributed by atoms with Crippen LogP contribution >= 0.6 is 11.3 Å². The van der Waals surface area contributed by atoms with Gasteiger partial charge in [-0.1, -0.05) is 42.5 Å². The molecule has 34 heavy (non-hydrogen) atoms. The number of rotatable bonds is 6. The van der Waals surface area contributed by atoms with E-state index in [4.69, 9.17) is 9.47 Å². The van der Waals surface area contributed by atoms with Crippen molar-refractivity contribution in [2.75, 3.05) is 33.2 Å². The number of aliphatic hydroxyl groups is 1. The molecule has 1 N–H and O–H groups in total. The highest BCUT2D eigenvalue weighted by atomic mass is 32.1. The Bertz CT molecular complexity index is 1160. The lowest BCUT2D eigenvalue weighted by atomic mass is 9.92. The van der Waals surface area contributed by atoms with Crippen LogP contribution in [0.3, 0.4) is 0 Å². The highest BCUT2D eigenvalue weighted by Crippen LogP contribution is 2.38. The van der Waals surface area contributed by atoms with Gasteiger partial charge in [0, 0.05) is 43.2 Å². The van der Waals surface area contributed by atoms with Crippen LogP contribution in [0.15, 0.2) is 65.7 Å². The van der Waals surface area contributed by atoms with Crippen LogP contribution in [0.2, 0.25) is 0 Å². The lowest BCUT2D eigenvalue weighted by Crippen LogP contribution is -2.48. The number of likely N-dealkylation sites (N-methyl/N-ethyl adjacent to an activating group) is 1. The molecule has 178 valence electrons. The maximum absolute atomic E-state index is 13.4. The quantitative estimate of drug-likeness (QED) is 0.578. The van der Waals surface area contributed by atoms with Crippen LogP contribution < -0.4 is 0 Å². The van der Waals surface area contributed by atoms with Crippen molar-refractivity contribution < 1.29 is 19.4 Å². The van der Waals surface area contributed by atoms with Crippen LogP contribution in [0.4, 0.5) is 0 Å². The number of hydrogen-bond acceptors (Lipinski definition) is 6. The standard InChI is InChI=1S/C27H30N2O4S/c1-28-10-12-29(13-11-28)27(31)24-14-21(23-18-34-25-5-3-2-4-22(23)25)15-26(33-24)32-17-20-8-6-19(16-30)7-9-20/h2-9,14,18,21,26,30H,10-13,15-17H2,1H3/t21-,26+/m1/s1. The summed E-state index contributed by atoms with van der Waals surface area (Å²) < 4.78 is 13.5. The molecule has 3 aromatic rings. The molecule has 2 aliphatic rings. The number of nitrogens with zero attached hydrogens (tertiary/aromatic N) is 2. The summed E-state index contributed by atoms with van der Waals surface area (Å²) >= 11 is 1.73. The molecule has 6 nitrogen and oxygen atoms in total. The monoisotopic (exact) mass is 478 g/mol. The number of carbonyl (C=O) groups excluding carboxylic acids is 1. The second kappa shape index (κ2) is 10.3. The number of piperazine rings is 1. The molecule has 7 heteroatoms. The van der Waals surface area contributed by atoms with Crippen LogP contribution in [0.25, 0.3) is 10.1 Å². The number of benzene rings is 2. The number of amides is 1. The zero-order valence-corrected chi connectivity index (χ0v) is 20.2. The predicted octanol–water partition coefficient (Wildman–Crippen LogP) is 4.10. The SMILES string of the molecule is CN1CCN(C(=O)C2=C[C@@H](c3csc4ccccc34)C[C@@H](OCc3ccc(CO)cc3)O2)CC1. The average Bonchev–Trinajstić information content (AvgIpc) is 3.32. The fraction of sp³-hybridized carbons (Fsp3) is 0.370. The largest absolute Gasteiger partial charge is 0.459 e. The third-order valence-electron chi connectivity index (χ3n) is 6.61. The van der Waals surface area contributed by atoms with Crippen molar-refractivity contribution >= 4 is 27.3 Å². The van der Waals surface area contributed by atoms with Crippen molar-refractivity contribution in [1.82, 2.24) is 9.80 Å². The second-order valence-electron chi connectivity index (χ2n) is 8.99. The lowest BCUT2D eigenvalue weighted by molar-refractivity contribution is -0.156. The molecule has 5 rings (SSSR count). The lowest BCUT2D eigenvalue weighted by Gasteiger charge is -2.35. The Balaban J connectivity index is 1.37. The molecule has 1 fully saturated rings. The first-order chi connectivity index (χ1) is 16.6. The normalized spacial score (nSPS) is 21.4. The fourth-order valence-corrected chi connectivity index (χ4v) is 5.53. The first-order valence-electron chi connectivity index (χ1n) is 11.7. The van der Waals surface area contributed by atoms with Crippen LogP contribution in [-0.4, -0.2) is 60.3 Å². The molecule has 0 saturated carbocycles. The Morgan fingerprint density at radius 3 is 2.59 bits per heavy atom. The van der Waals surface area contributed by atoms with Crippen molar-refractivity contribution in [2.45, 2.75) is 31.8 Å². The summed E-state index contributed by atoms with van der Waals surface area (Å²) in [6.45, 7) is 3.52. The van der Waals surface area contributed by atoms with Crippen molar-refractivity contribution in [3.8, 4) is 0 Å². The van der Waals surface area contributed by atoms with Gasteiger partial charge < -0.3 is 24.4 Å². The van der Waals surface area contributed by atoms with Gasteiger partial charge in [0.05, 0.1) is 13.2 Å². The summed E-state index contributed by atoms with van der Waals surface area (Å²) in [7, 11) is 2.08. The van der Waals surface area contributed by atoms with E-state index in [-0.39, 0.29) is 18.4 Å². The Hall–Kier alpha value is -2.71. The van der Waals surface area contributed by atoms with Gasteiger partial charge >= 0.3 is 0 Å². The summed E-state index contributed by atoms with van der Waals surface area (Å²) in [4.78, 5) is 17.5. The van der Waals surface area contributed by atoms with E-state index >= 15 is 0 Å². The Labute approximate surface area is 204 Å². The summed E-state index contributed by atoms with van der Waals surface area (Å²) in [5.74, 6) is 0.369. The maximum atomic E-state index is 13.4. The molecule has 0 unspecified atom stereocenters. The number of aliphatic hydroxyl groups excluding tert-OH is 1. The van der Waals surface area contributed by atoms with Crippen molar-refractivity contribution in [3.05, 3.63) is 82.4 Å². The van der Waals surface area contributed by atoms with E-state index in [1.54, 1.807) is 11.3 Å². The van der Waals surface area contributed by atoms with Crippen LogP contribution in [0.1, 0.15) is 29.0 Å². The third kappa shape index (κ3) is 5.03. The van der Waals surface area contributed by atoms with Gasteiger partial charge in [0.15, 0.2) is 5.76 Å². The minimum Gasteiger partial charge on any atom is -0.459 e. The van der Waals surface area contributed by atoms with Crippen molar-refractivity contribution in [1.29, 1.82) is 0 Å². The Kier molecular flexibility index (Phi) is 6.97. The summed E-state index contributed by atoms with van der Waals surface area (Å²) in [5, 5.41) is 12.7. The molecular weight excluding hydrogens is 448 g/mol. The number of carbonyl (C=O) groups is 1. The van der Waals surface area contributed by atoms with Gasteiger partial charge in [-0.05, 0) is 46.6 Å². The number of allylic oxidation sites excluding steroid dienone is 1. The number of thiophene rings is 1. The van der Waals surface area contributed by atoms with Gasteiger partial charge in [-0.25, -0.2) is 0 Å². The van der Waals surface area contributed by atoms with Gasteiger partial charge in [0.2, 0.25) is 6.29 Å². The molecule has 1 saturated heterocycles. The molecule has 0 spiro atoms. The molecule has 3 heterocycles. The van der Waals surface area contributed by atoms with Gasteiger partial charge in [0.1, 0.15) is 0 Å². The third-order valence-corrected chi connectivity index (χ3v) is 7.59. The molecule has 1 aromatic heterocycles. The van der Waals surface area contributed by atoms with Crippen molar-refractivity contribution in [3.63, 3.8) is 0 Å². The number of hydrogen-bond donors (Lipinski definition) is 1. The van der Waals surface area contributed by atoms with E-state index in [0.29, 0.717) is 31.9 Å². The second-order valence-corrected chi connectivity index (χ2v) is 9.90. The molecule has 2 aromatic carbocycles. The van der Waals surface area contributed by atoms with Crippen LogP contribution in [-0.2, 0) is 27.5 Å². The van der Waals surface area contributed by atoms with E-state index < -0.39 is 6.29 Å². The molecule has 2 aliphatic heterocycles. The van der Waals surface area contributed by atoms with E-state index in [0.717, 1.165) is 24.2 Å². The number of fused-ring (bicyclic) bond motifs is 1. The Morgan fingerprint density at radius 2 is 1.82 bits per heavy atom. The topological polar surface area (TPSA) is 62.2 Å². The highest BCUT2D eigenvalue weighted by molar-refractivity contribution is 7.17. The zero-order valence-electron chi connectivity index (χ0n) is 19.4. The minimum absolute atomic E-state index is 0.0196. The number of ether oxygens (including phenoxy) is 2. The van der Waals surface area contributed by atoms with Gasteiger partial charge in [0.25, 0.3) is 5.91 Å². The summed E-state index contributed by atoms with van der Waals surface area (Å²) in [6, 6.07) is 16.1. The van der Waals surface area contributed by atoms with Gasteiger partial charge in [-0.15, -0.1) is 11.3 Å². The molecule has 0 aliphatic carbocycles. The van der Waals surface area contributed by atoms with Gasteiger partial charge in [-0.2, -0.15) is 0 Å². The summed E-state index contributed by atoms with van der Waals surface area (Å²) in [5.41, 5.74) is 3.08. The molecule has 2 atom stereocenters. The van der Waals surface area contributed by atoms with Crippen LogP contribution in [0, 0.1) is 0 Å². The fourth-order valence-electron chi connectivity index (χ4n) is 4.51. The maximum Gasteiger partial charge on any atom is 0.288 e. The molecule has 0 bridgehead atoms. The molecule has 0 radical (unpaired) electrons. The van der Waals surface area contributed by atoms with E-state index in [2.05, 4.69) is 41.6 Å². The highest BCUT2D eigenvalue weighted by Gasteiger charge is 2.32. The van der Waals surface area contributed by atoms with E-state index in [9.17, 15) is 9.90 Å². The average molecular weight is 479 g/mol.